The molecule has 1 saturated heterocycles. The molecule has 2 heterocycles. The zero-order valence-electron chi connectivity index (χ0n) is 12.4. The fourth-order valence-electron chi connectivity index (χ4n) is 2.37. The number of aromatic nitrogens is 2. The predicted molar refractivity (Wildman–Crippen MR) is 85.4 cm³/mol. The van der Waals surface area contributed by atoms with Crippen molar-refractivity contribution in [3.63, 3.8) is 0 Å². The number of amides is 1. The van der Waals surface area contributed by atoms with Crippen molar-refractivity contribution in [3.05, 3.63) is 46.4 Å². The Hall–Kier alpha value is -2.87. The summed E-state index contributed by atoms with van der Waals surface area (Å²) in [5, 5.41) is 4.15. The summed E-state index contributed by atoms with van der Waals surface area (Å²) in [6.45, 7) is 1.81. The molecule has 3 rings (SSSR count). The SMILES string of the molecule is Nc1c(C(=O)N2CCOCC2)nn(-c2ccccc2)c(=O)c1N. The van der Waals surface area contributed by atoms with Gasteiger partial charge in [0.25, 0.3) is 11.5 Å². The quantitative estimate of drug-likeness (QED) is 0.797. The van der Waals surface area contributed by atoms with Crippen molar-refractivity contribution in [2.75, 3.05) is 37.8 Å². The molecule has 0 saturated carbocycles. The highest BCUT2D eigenvalue weighted by Gasteiger charge is 2.25. The molecule has 1 aliphatic rings. The minimum absolute atomic E-state index is 0.0205. The number of para-hydroxylation sites is 1. The molecule has 1 amide bonds. The zero-order valence-corrected chi connectivity index (χ0v) is 12.4. The van der Waals surface area contributed by atoms with Gasteiger partial charge in [-0.2, -0.15) is 9.78 Å². The van der Waals surface area contributed by atoms with Crippen molar-refractivity contribution in [2.45, 2.75) is 0 Å². The zero-order chi connectivity index (χ0) is 16.4. The van der Waals surface area contributed by atoms with E-state index < -0.39 is 5.56 Å². The maximum absolute atomic E-state index is 12.6. The molecule has 0 radical (unpaired) electrons. The standard InChI is InChI=1S/C15H17N5O3/c16-11-12(17)14(21)20(10-4-2-1-3-5-10)18-13(11)15(22)19-6-8-23-9-7-19/h1-5H,6-9,16-17H2. The van der Waals surface area contributed by atoms with Crippen molar-refractivity contribution < 1.29 is 9.53 Å². The number of nitrogen functional groups attached to an aromatic ring is 2. The summed E-state index contributed by atoms with van der Waals surface area (Å²) in [6, 6.07) is 8.74. The molecular formula is C15H17N5O3. The summed E-state index contributed by atoms with van der Waals surface area (Å²) < 4.78 is 6.32. The Kier molecular flexibility index (Phi) is 3.98. The smallest absolute Gasteiger partial charge is 0.296 e. The van der Waals surface area contributed by atoms with Crippen LogP contribution in [0.3, 0.4) is 0 Å². The number of nitrogens with zero attached hydrogens (tertiary/aromatic N) is 3. The van der Waals surface area contributed by atoms with E-state index in [1.165, 1.54) is 0 Å². The van der Waals surface area contributed by atoms with Crippen LogP contribution in [0.2, 0.25) is 0 Å². The van der Waals surface area contributed by atoms with Crippen LogP contribution in [0, 0.1) is 0 Å². The third-order valence-electron chi connectivity index (χ3n) is 3.67. The van der Waals surface area contributed by atoms with E-state index in [1.54, 1.807) is 29.2 Å². The monoisotopic (exact) mass is 315 g/mol. The first-order valence-electron chi connectivity index (χ1n) is 7.20. The summed E-state index contributed by atoms with van der Waals surface area (Å²) in [5.74, 6) is -0.359. The third kappa shape index (κ3) is 2.76. The topological polar surface area (TPSA) is 116 Å². The highest BCUT2D eigenvalue weighted by Crippen LogP contribution is 2.17. The van der Waals surface area contributed by atoms with E-state index in [-0.39, 0.29) is 23.0 Å². The Balaban J connectivity index is 2.09. The van der Waals surface area contributed by atoms with E-state index >= 15 is 0 Å². The first kappa shape index (κ1) is 15.0. The summed E-state index contributed by atoms with van der Waals surface area (Å²) in [5.41, 5.74) is 11.3. The van der Waals surface area contributed by atoms with Crippen molar-refractivity contribution >= 4 is 17.3 Å². The Labute approximate surface area is 132 Å². The van der Waals surface area contributed by atoms with Crippen molar-refractivity contribution in [1.29, 1.82) is 0 Å². The number of rotatable bonds is 2. The van der Waals surface area contributed by atoms with Gasteiger partial charge in [0.15, 0.2) is 5.69 Å². The minimum atomic E-state index is -0.549. The van der Waals surface area contributed by atoms with E-state index in [2.05, 4.69) is 5.10 Å². The van der Waals surface area contributed by atoms with Crippen molar-refractivity contribution in [2.24, 2.45) is 0 Å². The molecule has 2 aromatic rings. The van der Waals surface area contributed by atoms with Crippen molar-refractivity contribution in [3.8, 4) is 5.69 Å². The second-order valence-corrected chi connectivity index (χ2v) is 5.13. The normalized spacial score (nSPS) is 14.7. The third-order valence-corrected chi connectivity index (χ3v) is 3.67. The van der Waals surface area contributed by atoms with Crippen LogP contribution in [-0.2, 0) is 4.74 Å². The number of hydrogen-bond donors (Lipinski definition) is 2. The van der Waals surface area contributed by atoms with Gasteiger partial charge in [0.2, 0.25) is 0 Å². The van der Waals surface area contributed by atoms with Gasteiger partial charge in [-0.15, -0.1) is 0 Å². The molecule has 8 heteroatoms. The van der Waals surface area contributed by atoms with Gasteiger partial charge in [-0.25, -0.2) is 0 Å². The second-order valence-electron chi connectivity index (χ2n) is 5.13. The Bertz CT molecular complexity index is 782. The van der Waals surface area contributed by atoms with Crippen LogP contribution in [0.1, 0.15) is 10.5 Å². The largest absolute Gasteiger partial charge is 0.395 e. The highest BCUT2D eigenvalue weighted by atomic mass is 16.5. The highest BCUT2D eigenvalue weighted by molar-refractivity contribution is 5.99. The van der Waals surface area contributed by atoms with Gasteiger partial charge in [-0.05, 0) is 12.1 Å². The maximum Gasteiger partial charge on any atom is 0.296 e. The van der Waals surface area contributed by atoms with Gasteiger partial charge in [0.05, 0.1) is 24.6 Å². The molecule has 0 bridgehead atoms. The maximum atomic E-state index is 12.6. The number of benzene rings is 1. The molecule has 1 aromatic carbocycles. The van der Waals surface area contributed by atoms with Gasteiger partial charge < -0.3 is 21.1 Å². The van der Waals surface area contributed by atoms with Crippen LogP contribution >= 0.6 is 0 Å². The Morgan fingerprint density at radius 3 is 2.39 bits per heavy atom. The van der Waals surface area contributed by atoms with Crippen LogP contribution < -0.4 is 17.0 Å². The fraction of sp³-hybridized carbons (Fsp3) is 0.267. The molecule has 0 atom stereocenters. The number of anilines is 2. The van der Waals surface area contributed by atoms with Gasteiger partial charge in [0.1, 0.15) is 5.69 Å². The number of ether oxygens (including phenoxy) is 1. The minimum Gasteiger partial charge on any atom is -0.395 e. The average molecular weight is 315 g/mol. The molecule has 1 aliphatic heterocycles. The number of nitrogens with two attached hydrogens (primary N) is 2. The lowest BCUT2D eigenvalue weighted by Crippen LogP contribution is -2.42. The lowest BCUT2D eigenvalue weighted by molar-refractivity contribution is 0.0298. The van der Waals surface area contributed by atoms with Gasteiger partial charge in [0, 0.05) is 13.1 Å². The molecule has 4 N–H and O–H groups in total. The fourth-order valence-corrected chi connectivity index (χ4v) is 2.37. The second kappa shape index (κ2) is 6.09. The summed E-state index contributed by atoms with van der Waals surface area (Å²) >= 11 is 0. The summed E-state index contributed by atoms with van der Waals surface area (Å²) in [7, 11) is 0. The van der Waals surface area contributed by atoms with Gasteiger partial charge in [-0.1, -0.05) is 18.2 Å². The molecule has 23 heavy (non-hydrogen) atoms. The average Bonchev–Trinajstić information content (AvgIpc) is 2.61. The summed E-state index contributed by atoms with van der Waals surface area (Å²) in [4.78, 5) is 26.5. The Morgan fingerprint density at radius 2 is 1.74 bits per heavy atom. The number of carbonyl (C=O) groups excluding carboxylic acids is 1. The molecule has 8 nitrogen and oxygen atoms in total. The number of morpholine rings is 1. The van der Waals surface area contributed by atoms with E-state index in [9.17, 15) is 9.59 Å². The molecule has 1 aromatic heterocycles. The van der Waals surface area contributed by atoms with E-state index in [0.29, 0.717) is 32.0 Å². The van der Waals surface area contributed by atoms with Crippen LogP contribution in [0.25, 0.3) is 5.69 Å². The van der Waals surface area contributed by atoms with Crippen LogP contribution in [0.5, 0.6) is 0 Å². The van der Waals surface area contributed by atoms with Gasteiger partial charge in [-0.3, -0.25) is 9.59 Å². The van der Waals surface area contributed by atoms with E-state index in [4.69, 9.17) is 16.2 Å². The molecule has 120 valence electrons. The molecule has 1 fully saturated rings. The summed E-state index contributed by atoms with van der Waals surface area (Å²) in [6.07, 6.45) is 0. The first-order valence-corrected chi connectivity index (χ1v) is 7.20. The molecule has 0 unspecified atom stereocenters. The molecular weight excluding hydrogens is 298 g/mol. The van der Waals surface area contributed by atoms with Crippen molar-refractivity contribution in [1.82, 2.24) is 14.7 Å². The number of carbonyl (C=O) groups is 1. The predicted octanol–water partition coefficient (Wildman–Crippen LogP) is -0.131. The van der Waals surface area contributed by atoms with Crippen LogP contribution in [0.4, 0.5) is 11.4 Å². The number of hydrogen-bond acceptors (Lipinski definition) is 6. The van der Waals surface area contributed by atoms with Crippen LogP contribution in [0.15, 0.2) is 35.1 Å². The van der Waals surface area contributed by atoms with Gasteiger partial charge >= 0.3 is 0 Å². The lowest BCUT2D eigenvalue weighted by atomic mass is 10.2. The molecule has 0 aliphatic carbocycles. The van der Waals surface area contributed by atoms with E-state index in [0.717, 1.165) is 4.68 Å². The molecule has 0 spiro atoms. The Morgan fingerprint density at radius 1 is 1.09 bits per heavy atom. The lowest BCUT2D eigenvalue weighted by Gasteiger charge is -2.27. The van der Waals surface area contributed by atoms with E-state index in [1.807, 2.05) is 6.07 Å². The first-order chi connectivity index (χ1) is 11.1. The van der Waals surface area contributed by atoms with Crippen LogP contribution in [-0.4, -0.2) is 46.9 Å².